The topological polar surface area (TPSA) is 269 Å². The molecule has 0 bridgehead atoms. The van der Waals surface area contributed by atoms with Crippen molar-refractivity contribution in [2.75, 3.05) is 6.61 Å². The monoisotopic (exact) mass is 612 g/mol. The van der Waals surface area contributed by atoms with Gasteiger partial charge in [0.2, 0.25) is 12.6 Å². The second kappa shape index (κ2) is 11.8. The number of phenols is 3. The van der Waals surface area contributed by atoms with Crippen LogP contribution in [0.5, 0.6) is 17.2 Å². The van der Waals surface area contributed by atoms with Gasteiger partial charge in [0.25, 0.3) is 0 Å². The maximum atomic E-state index is 10.6. The Hall–Kier alpha value is -3.58. The highest BCUT2D eigenvalue weighted by atomic mass is 16.7. The van der Waals surface area contributed by atoms with Crippen molar-refractivity contribution < 1.29 is 79.9 Å². The van der Waals surface area contributed by atoms with Crippen LogP contribution in [0.2, 0.25) is 0 Å². The highest BCUT2D eigenvalue weighted by Crippen LogP contribution is 2.43. The van der Waals surface area contributed by atoms with Crippen LogP contribution in [0.15, 0.2) is 53.2 Å². The maximum Gasteiger partial charge on any atom is 0.229 e. The molecule has 1 aliphatic carbocycles. The van der Waals surface area contributed by atoms with Crippen LogP contribution in [0.25, 0.3) is 5.76 Å². The van der Waals surface area contributed by atoms with Gasteiger partial charge in [0.15, 0.2) is 28.8 Å². The molecule has 1 aromatic carbocycles. The maximum absolute atomic E-state index is 10.6. The minimum Gasteiger partial charge on any atom is -0.508 e. The van der Waals surface area contributed by atoms with Gasteiger partial charge in [0.05, 0.1) is 12.7 Å². The lowest BCUT2D eigenvalue weighted by atomic mass is 9.96. The lowest BCUT2D eigenvalue weighted by Gasteiger charge is -2.41. The molecule has 0 radical (unpaired) electrons. The van der Waals surface area contributed by atoms with Crippen LogP contribution in [0.4, 0.5) is 0 Å². The van der Waals surface area contributed by atoms with E-state index in [1.54, 1.807) is 0 Å². The Morgan fingerprint density at radius 3 is 1.98 bits per heavy atom. The molecule has 0 aromatic heterocycles. The van der Waals surface area contributed by atoms with Crippen molar-refractivity contribution in [3.8, 4) is 17.2 Å². The second-order valence-electron chi connectivity index (χ2n) is 10.4. The Morgan fingerprint density at radius 1 is 0.744 bits per heavy atom. The summed E-state index contributed by atoms with van der Waals surface area (Å²) in [6.45, 7) is 0.708. The highest BCUT2D eigenvalue weighted by molar-refractivity contribution is 5.72. The Bertz CT molecular complexity index is 1330. The summed E-state index contributed by atoms with van der Waals surface area (Å²) in [6, 6.07) is 2.05. The van der Waals surface area contributed by atoms with Gasteiger partial charge in [-0.05, 0) is 25.1 Å². The van der Waals surface area contributed by atoms with Gasteiger partial charge in [0, 0.05) is 23.3 Å². The SMILES string of the molecule is CC1OC(OC2=C(c3cc(O)c(O)c(O)c3)OC3C=C(O)C=C(OC4OC(CO)C(O)C(O)C4O)C3=C2)C(O)C(O)C1O. The number of phenolic OH excluding ortho intramolecular Hbond substituents is 3. The lowest BCUT2D eigenvalue weighted by molar-refractivity contribution is -0.291. The van der Waals surface area contributed by atoms with E-state index in [-0.39, 0.29) is 34.2 Å². The number of ether oxygens (including phenoxy) is 5. The van der Waals surface area contributed by atoms with Gasteiger partial charge in [-0.2, -0.15) is 0 Å². The van der Waals surface area contributed by atoms with E-state index >= 15 is 0 Å². The predicted octanol–water partition coefficient (Wildman–Crippen LogP) is -2.20. The van der Waals surface area contributed by atoms with E-state index in [0.29, 0.717) is 0 Å². The van der Waals surface area contributed by atoms with Crippen molar-refractivity contribution in [2.45, 2.75) is 74.4 Å². The third-order valence-corrected chi connectivity index (χ3v) is 7.42. The van der Waals surface area contributed by atoms with E-state index in [2.05, 4.69) is 0 Å². The molecule has 3 aliphatic heterocycles. The molecule has 16 nitrogen and oxygen atoms in total. The summed E-state index contributed by atoms with van der Waals surface area (Å²) in [5.74, 6) is -3.28. The molecule has 0 spiro atoms. The fourth-order valence-corrected chi connectivity index (χ4v) is 4.95. The van der Waals surface area contributed by atoms with Crippen molar-refractivity contribution >= 4 is 5.76 Å². The minimum atomic E-state index is -1.79. The molecule has 0 amide bonds. The average molecular weight is 613 g/mol. The molecular formula is C27H32O16. The van der Waals surface area contributed by atoms with Crippen molar-refractivity contribution in [2.24, 2.45) is 0 Å². The molecule has 3 heterocycles. The number of hydrogen-bond acceptors (Lipinski definition) is 16. The minimum absolute atomic E-state index is 0.0455. The van der Waals surface area contributed by atoms with E-state index in [4.69, 9.17) is 23.7 Å². The smallest absolute Gasteiger partial charge is 0.229 e. The second-order valence-corrected chi connectivity index (χ2v) is 10.4. The van der Waals surface area contributed by atoms with Crippen LogP contribution in [-0.2, 0) is 23.7 Å². The molecule has 236 valence electrons. The van der Waals surface area contributed by atoms with Crippen molar-refractivity contribution in [3.63, 3.8) is 0 Å². The lowest BCUT2D eigenvalue weighted by Crippen LogP contribution is -2.59. The fourth-order valence-electron chi connectivity index (χ4n) is 4.95. The number of allylic oxidation sites excluding steroid dienone is 2. The summed E-state index contributed by atoms with van der Waals surface area (Å²) in [6.07, 6.45) is -13.1. The van der Waals surface area contributed by atoms with Gasteiger partial charge in [-0.25, -0.2) is 0 Å². The predicted molar refractivity (Wildman–Crippen MR) is 138 cm³/mol. The molecular weight excluding hydrogens is 580 g/mol. The van der Waals surface area contributed by atoms with Gasteiger partial charge in [-0.1, -0.05) is 0 Å². The number of hydrogen-bond donors (Lipinski definition) is 11. The summed E-state index contributed by atoms with van der Waals surface area (Å²) in [7, 11) is 0. The Labute approximate surface area is 243 Å². The molecule has 11 N–H and O–H groups in total. The summed E-state index contributed by atoms with van der Waals surface area (Å²) < 4.78 is 28.6. The van der Waals surface area contributed by atoms with E-state index in [0.717, 1.165) is 18.2 Å². The molecule has 16 heteroatoms. The molecule has 4 aliphatic rings. The standard InChI is InChI=1S/C27H32O16/c1-8-18(32)21(35)23(37)26(39-8)42-16-6-11-14(40-25(16)9-2-12(30)19(33)13(31)3-9)4-10(29)5-15(11)41-27-24(38)22(36)20(34)17(7-28)43-27/h2-6,8,14,17-18,20-24,26-38H,7H2,1H3. The fraction of sp³-hybridized carbons (Fsp3) is 0.481. The molecule has 5 rings (SSSR count). The van der Waals surface area contributed by atoms with Crippen molar-refractivity contribution in [3.05, 3.63) is 58.8 Å². The number of aliphatic hydroxyl groups is 8. The summed E-state index contributed by atoms with van der Waals surface area (Å²) in [4.78, 5) is 0. The van der Waals surface area contributed by atoms with Gasteiger partial charge in [-0.15, -0.1) is 0 Å². The number of aromatic hydroxyl groups is 3. The van der Waals surface area contributed by atoms with Gasteiger partial charge < -0.3 is 79.9 Å². The van der Waals surface area contributed by atoms with E-state index < -0.39 is 91.4 Å². The molecule has 2 fully saturated rings. The number of aliphatic hydroxyl groups excluding tert-OH is 8. The van der Waals surface area contributed by atoms with Crippen LogP contribution in [0.1, 0.15) is 12.5 Å². The normalized spacial score (nSPS) is 37.9. The number of fused-ring (bicyclic) bond motifs is 1. The summed E-state index contributed by atoms with van der Waals surface area (Å²) >= 11 is 0. The third-order valence-electron chi connectivity index (χ3n) is 7.42. The van der Waals surface area contributed by atoms with Crippen LogP contribution >= 0.6 is 0 Å². The number of benzene rings is 1. The van der Waals surface area contributed by atoms with Crippen molar-refractivity contribution in [1.29, 1.82) is 0 Å². The Balaban J connectivity index is 1.55. The highest BCUT2D eigenvalue weighted by Gasteiger charge is 2.47. The van der Waals surface area contributed by atoms with Crippen LogP contribution in [0, 0.1) is 0 Å². The Kier molecular flexibility index (Phi) is 8.50. The summed E-state index contributed by atoms with van der Waals surface area (Å²) in [5.41, 5.74) is 0.0653. The quantitative estimate of drug-likeness (QED) is 0.152. The molecule has 11 unspecified atom stereocenters. The largest absolute Gasteiger partial charge is 0.508 e. The van der Waals surface area contributed by atoms with Crippen LogP contribution in [-0.4, -0.2) is 130 Å². The Morgan fingerprint density at radius 2 is 1.35 bits per heavy atom. The zero-order valence-electron chi connectivity index (χ0n) is 22.4. The number of rotatable bonds is 6. The average Bonchev–Trinajstić information content (AvgIpc) is 2.97. The van der Waals surface area contributed by atoms with E-state index in [9.17, 15) is 56.2 Å². The zero-order chi connectivity index (χ0) is 31.3. The van der Waals surface area contributed by atoms with E-state index in [1.165, 1.54) is 19.1 Å². The molecule has 43 heavy (non-hydrogen) atoms. The van der Waals surface area contributed by atoms with Crippen LogP contribution in [0.3, 0.4) is 0 Å². The first-order valence-electron chi connectivity index (χ1n) is 13.1. The van der Waals surface area contributed by atoms with Gasteiger partial charge >= 0.3 is 0 Å². The third kappa shape index (κ3) is 5.72. The zero-order valence-corrected chi connectivity index (χ0v) is 22.4. The van der Waals surface area contributed by atoms with Gasteiger partial charge in [0.1, 0.15) is 60.4 Å². The van der Waals surface area contributed by atoms with Crippen LogP contribution < -0.4 is 0 Å². The molecule has 1 aromatic rings. The van der Waals surface area contributed by atoms with Crippen molar-refractivity contribution in [1.82, 2.24) is 0 Å². The first-order valence-corrected chi connectivity index (χ1v) is 13.1. The first kappa shape index (κ1) is 30.9. The van der Waals surface area contributed by atoms with Gasteiger partial charge in [-0.3, -0.25) is 0 Å². The molecule has 2 saturated heterocycles. The summed E-state index contributed by atoms with van der Waals surface area (Å²) in [5, 5.41) is 112. The molecule has 0 saturated carbocycles. The van der Waals surface area contributed by atoms with E-state index in [1.807, 2.05) is 0 Å². The molecule has 11 atom stereocenters. The first-order chi connectivity index (χ1) is 20.3.